The molecule has 1 amide bonds. The number of benzene rings is 1. The van der Waals surface area contributed by atoms with Crippen LogP contribution in [0.2, 0.25) is 0 Å². The molecule has 0 radical (unpaired) electrons. The van der Waals surface area contributed by atoms with E-state index in [1.165, 1.54) is 0 Å². The van der Waals surface area contributed by atoms with Crippen molar-refractivity contribution in [2.75, 3.05) is 0 Å². The molecule has 1 aromatic carbocycles. The monoisotopic (exact) mass is 321 g/mol. The molecule has 0 aliphatic rings. The van der Waals surface area contributed by atoms with E-state index in [-0.39, 0.29) is 0 Å². The average Bonchev–Trinajstić information content (AvgIpc) is 2.15. The lowest BCUT2D eigenvalue weighted by Crippen LogP contribution is -2.25. The smallest absolute Gasteiger partial charge is 0.404 e. The van der Waals surface area contributed by atoms with E-state index in [2.05, 4.69) is 22.6 Å². The van der Waals surface area contributed by atoms with Crippen LogP contribution < -0.4 is 5.73 Å². The summed E-state index contributed by atoms with van der Waals surface area (Å²) in [6.07, 6.45) is -2.39. The van der Waals surface area contributed by atoms with Gasteiger partial charge in [-0.15, -0.1) is 0 Å². The van der Waals surface area contributed by atoms with E-state index in [1.807, 2.05) is 18.2 Å². The molecule has 0 aromatic heterocycles. The topological polar surface area (TPSA) is 72.5 Å². The number of nitrogens with two attached hydrogens (primary N) is 1. The number of hydrogen-bond acceptors (Lipinski definition) is 3. The van der Waals surface area contributed by atoms with Crippen LogP contribution >= 0.6 is 22.6 Å². The minimum Gasteiger partial charge on any atom is -0.444 e. The number of carbonyl (C=O) groups is 1. The number of rotatable bonds is 3. The maximum absolute atomic E-state index is 10.5. The average molecular weight is 321 g/mol. The number of aliphatic hydroxyl groups is 1. The van der Waals surface area contributed by atoms with Crippen LogP contribution in [-0.2, 0) is 4.74 Å². The second-order valence-corrected chi connectivity index (χ2v) is 4.39. The van der Waals surface area contributed by atoms with E-state index < -0.39 is 18.3 Å². The molecule has 2 atom stereocenters. The summed E-state index contributed by atoms with van der Waals surface area (Å²) in [5.74, 6) is 0. The third-order valence-electron chi connectivity index (χ3n) is 1.94. The van der Waals surface area contributed by atoms with Gasteiger partial charge in [-0.2, -0.15) is 0 Å². The van der Waals surface area contributed by atoms with Gasteiger partial charge in [0.2, 0.25) is 0 Å². The molecule has 3 N–H and O–H groups in total. The number of hydrogen-bond donors (Lipinski definition) is 2. The molecule has 0 heterocycles. The maximum atomic E-state index is 10.5. The molecule has 82 valence electrons. The highest BCUT2D eigenvalue weighted by molar-refractivity contribution is 14.1. The second kappa shape index (κ2) is 5.32. The standard InChI is InChI=1S/C10H12INO3/c1-6(15-10(12)14)9(13)7-3-2-4-8(11)5-7/h2-6,9,13H,1H3,(H2,12,14)/t6-,9+/m0/s1. The predicted molar refractivity (Wildman–Crippen MR) is 64.2 cm³/mol. The van der Waals surface area contributed by atoms with Gasteiger partial charge in [0.25, 0.3) is 0 Å². The van der Waals surface area contributed by atoms with E-state index in [0.717, 1.165) is 3.57 Å². The lowest BCUT2D eigenvalue weighted by Gasteiger charge is -2.18. The van der Waals surface area contributed by atoms with Gasteiger partial charge in [0.05, 0.1) is 0 Å². The zero-order chi connectivity index (χ0) is 11.4. The molecule has 15 heavy (non-hydrogen) atoms. The Labute approximate surface area is 102 Å². The molecule has 1 rings (SSSR count). The van der Waals surface area contributed by atoms with Crippen LogP contribution in [0.4, 0.5) is 4.79 Å². The largest absolute Gasteiger partial charge is 0.444 e. The van der Waals surface area contributed by atoms with Crippen LogP contribution in [0.3, 0.4) is 0 Å². The van der Waals surface area contributed by atoms with Crippen LogP contribution in [0.15, 0.2) is 24.3 Å². The first-order valence-corrected chi connectivity index (χ1v) is 5.48. The van der Waals surface area contributed by atoms with Crippen LogP contribution in [0, 0.1) is 3.57 Å². The second-order valence-electron chi connectivity index (χ2n) is 3.14. The fourth-order valence-electron chi connectivity index (χ4n) is 1.21. The number of aliphatic hydroxyl groups excluding tert-OH is 1. The minimum atomic E-state index is -0.882. The molecular weight excluding hydrogens is 309 g/mol. The Hall–Kier alpha value is -0.820. The highest BCUT2D eigenvalue weighted by Gasteiger charge is 2.19. The third kappa shape index (κ3) is 3.67. The molecule has 0 aliphatic heterocycles. The van der Waals surface area contributed by atoms with Gasteiger partial charge in [-0.1, -0.05) is 12.1 Å². The lowest BCUT2D eigenvalue weighted by atomic mass is 10.1. The Balaban J connectivity index is 2.75. The maximum Gasteiger partial charge on any atom is 0.404 e. The van der Waals surface area contributed by atoms with Crippen molar-refractivity contribution in [1.82, 2.24) is 0 Å². The Morgan fingerprint density at radius 1 is 1.60 bits per heavy atom. The minimum absolute atomic E-state index is 0.652. The summed E-state index contributed by atoms with van der Waals surface area (Å²) in [6, 6.07) is 7.34. The first-order chi connectivity index (χ1) is 7.00. The van der Waals surface area contributed by atoms with Crippen molar-refractivity contribution in [2.24, 2.45) is 5.73 Å². The molecule has 0 fully saturated rings. The van der Waals surface area contributed by atoms with E-state index in [0.29, 0.717) is 5.56 Å². The molecular formula is C10H12INO3. The number of primary amides is 1. The zero-order valence-corrected chi connectivity index (χ0v) is 10.3. The van der Waals surface area contributed by atoms with Crippen molar-refractivity contribution >= 4 is 28.7 Å². The summed E-state index contributed by atoms with van der Waals surface area (Å²) in [6.45, 7) is 1.59. The van der Waals surface area contributed by atoms with Crippen molar-refractivity contribution < 1.29 is 14.6 Å². The molecule has 0 unspecified atom stereocenters. The summed E-state index contributed by atoms with van der Waals surface area (Å²) in [5, 5.41) is 9.83. The molecule has 0 bridgehead atoms. The fraction of sp³-hybridized carbons (Fsp3) is 0.300. The van der Waals surface area contributed by atoms with Crippen LogP contribution in [0.25, 0.3) is 0 Å². The van der Waals surface area contributed by atoms with Gasteiger partial charge in [0.1, 0.15) is 12.2 Å². The van der Waals surface area contributed by atoms with Gasteiger partial charge < -0.3 is 15.6 Å². The zero-order valence-electron chi connectivity index (χ0n) is 8.18. The van der Waals surface area contributed by atoms with Crippen molar-refractivity contribution in [1.29, 1.82) is 0 Å². The molecule has 4 nitrogen and oxygen atoms in total. The highest BCUT2D eigenvalue weighted by atomic mass is 127. The van der Waals surface area contributed by atoms with Gasteiger partial charge in [0.15, 0.2) is 0 Å². The van der Waals surface area contributed by atoms with E-state index in [1.54, 1.807) is 13.0 Å². The Bertz CT molecular complexity index is 356. The van der Waals surface area contributed by atoms with Gasteiger partial charge in [0, 0.05) is 3.57 Å². The van der Waals surface area contributed by atoms with E-state index in [9.17, 15) is 9.90 Å². The SMILES string of the molecule is C[C@H](OC(N)=O)[C@@H](O)c1cccc(I)c1. The summed E-state index contributed by atoms with van der Waals surface area (Å²) in [4.78, 5) is 10.5. The third-order valence-corrected chi connectivity index (χ3v) is 2.61. The Morgan fingerprint density at radius 2 is 2.27 bits per heavy atom. The van der Waals surface area contributed by atoms with E-state index in [4.69, 9.17) is 10.5 Å². The highest BCUT2D eigenvalue weighted by Crippen LogP contribution is 2.20. The molecule has 5 heteroatoms. The number of ether oxygens (including phenoxy) is 1. The van der Waals surface area contributed by atoms with Crippen molar-refractivity contribution in [3.8, 4) is 0 Å². The summed E-state index contributed by atoms with van der Waals surface area (Å²) in [5.41, 5.74) is 5.57. The van der Waals surface area contributed by atoms with Crippen LogP contribution in [0.1, 0.15) is 18.6 Å². The molecule has 0 spiro atoms. The first kappa shape index (κ1) is 12.3. The number of halogens is 1. The summed E-state index contributed by atoms with van der Waals surface area (Å²) in [7, 11) is 0. The fourth-order valence-corrected chi connectivity index (χ4v) is 1.78. The molecule has 0 saturated heterocycles. The predicted octanol–water partition coefficient (Wildman–Crippen LogP) is 1.81. The number of carbonyl (C=O) groups excluding carboxylic acids is 1. The van der Waals surface area contributed by atoms with E-state index >= 15 is 0 Å². The Morgan fingerprint density at radius 3 is 2.80 bits per heavy atom. The Kier molecular flexibility index (Phi) is 4.34. The summed E-state index contributed by atoms with van der Waals surface area (Å²) < 4.78 is 5.70. The van der Waals surface area contributed by atoms with Crippen molar-refractivity contribution in [3.63, 3.8) is 0 Å². The number of amides is 1. The molecule has 0 saturated carbocycles. The molecule has 1 aromatic rings. The van der Waals surface area contributed by atoms with Crippen LogP contribution in [0.5, 0.6) is 0 Å². The van der Waals surface area contributed by atoms with Crippen molar-refractivity contribution in [2.45, 2.75) is 19.1 Å². The molecule has 0 aliphatic carbocycles. The normalized spacial score (nSPS) is 14.3. The van der Waals surface area contributed by atoms with Gasteiger partial charge >= 0.3 is 6.09 Å². The van der Waals surface area contributed by atoms with Gasteiger partial charge in [-0.3, -0.25) is 0 Å². The lowest BCUT2D eigenvalue weighted by molar-refractivity contribution is 0.0157. The van der Waals surface area contributed by atoms with Gasteiger partial charge in [-0.05, 0) is 47.2 Å². The quantitative estimate of drug-likeness (QED) is 0.834. The first-order valence-electron chi connectivity index (χ1n) is 4.40. The van der Waals surface area contributed by atoms with Gasteiger partial charge in [-0.25, -0.2) is 4.79 Å². The van der Waals surface area contributed by atoms with Crippen molar-refractivity contribution in [3.05, 3.63) is 33.4 Å². The summed E-state index contributed by atoms with van der Waals surface area (Å²) >= 11 is 2.14. The van der Waals surface area contributed by atoms with Crippen LogP contribution in [-0.4, -0.2) is 17.3 Å².